The van der Waals surface area contributed by atoms with Gasteiger partial charge in [0.2, 0.25) is 0 Å². The van der Waals surface area contributed by atoms with Crippen molar-refractivity contribution in [2.45, 2.75) is 58.4 Å². The van der Waals surface area contributed by atoms with Crippen LogP contribution in [0, 0.1) is 5.92 Å². The topological polar surface area (TPSA) is 21.3 Å². The van der Waals surface area contributed by atoms with Crippen LogP contribution < -0.4 is 5.32 Å². The van der Waals surface area contributed by atoms with Crippen molar-refractivity contribution in [2.24, 2.45) is 5.92 Å². The summed E-state index contributed by atoms with van der Waals surface area (Å²) in [6, 6.07) is 0.741. The van der Waals surface area contributed by atoms with E-state index in [4.69, 9.17) is 4.74 Å². The number of unbranched alkanes of at least 4 members (excludes halogenated alkanes) is 2. The first-order valence-electron chi connectivity index (χ1n) is 6.69. The highest BCUT2D eigenvalue weighted by atomic mass is 16.5. The fourth-order valence-corrected chi connectivity index (χ4v) is 2.50. The molecule has 2 heteroatoms. The summed E-state index contributed by atoms with van der Waals surface area (Å²) >= 11 is 0. The molecule has 1 saturated heterocycles. The van der Waals surface area contributed by atoms with Gasteiger partial charge in [-0.25, -0.2) is 0 Å². The van der Waals surface area contributed by atoms with Crippen LogP contribution >= 0.6 is 0 Å². The Morgan fingerprint density at radius 2 is 1.93 bits per heavy atom. The predicted molar refractivity (Wildman–Crippen MR) is 65.1 cm³/mol. The average Bonchev–Trinajstić information content (AvgIpc) is 2.29. The van der Waals surface area contributed by atoms with Crippen LogP contribution in [-0.4, -0.2) is 25.8 Å². The molecule has 0 aromatic rings. The zero-order valence-corrected chi connectivity index (χ0v) is 10.4. The second-order valence-corrected chi connectivity index (χ2v) is 4.61. The SMILES string of the molecule is CCCCCC(NCC)C1CCOCC1. The molecule has 2 nitrogen and oxygen atoms in total. The first-order chi connectivity index (χ1) is 7.38. The number of ether oxygens (including phenoxy) is 1. The van der Waals surface area contributed by atoms with Crippen LogP contribution in [0.4, 0.5) is 0 Å². The number of nitrogens with one attached hydrogen (secondary N) is 1. The van der Waals surface area contributed by atoms with E-state index in [9.17, 15) is 0 Å². The molecule has 1 rings (SSSR count). The van der Waals surface area contributed by atoms with Gasteiger partial charge in [0.25, 0.3) is 0 Å². The van der Waals surface area contributed by atoms with E-state index in [0.717, 1.165) is 31.7 Å². The predicted octanol–water partition coefficient (Wildman–Crippen LogP) is 2.97. The van der Waals surface area contributed by atoms with Crippen molar-refractivity contribution in [2.75, 3.05) is 19.8 Å². The minimum Gasteiger partial charge on any atom is -0.381 e. The number of hydrogen-bond acceptors (Lipinski definition) is 2. The highest BCUT2D eigenvalue weighted by molar-refractivity contribution is 4.78. The van der Waals surface area contributed by atoms with Crippen molar-refractivity contribution in [3.05, 3.63) is 0 Å². The van der Waals surface area contributed by atoms with E-state index in [1.165, 1.54) is 38.5 Å². The van der Waals surface area contributed by atoms with Crippen LogP contribution in [0.15, 0.2) is 0 Å². The van der Waals surface area contributed by atoms with E-state index in [0.29, 0.717) is 0 Å². The van der Waals surface area contributed by atoms with Gasteiger partial charge in [0.1, 0.15) is 0 Å². The molecule has 0 radical (unpaired) electrons. The molecule has 0 aliphatic carbocycles. The quantitative estimate of drug-likeness (QED) is 0.656. The minimum absolute atomic E-state index is 0.741. The monoisotopic (exact) mass is 213 g/mol. The van der Waals surface area contributed by atoms with Gasteiger partial charge in [-0.2, -0.15) is 0 Å². The van der Waals surface area contributed by atoms with Crippen LogP contribution in [0.5, 0.6) is 0 Å². The first kappa shape index (κ1) is 13.0. The summed E-state index contributed by atoms with van der Waals surface area (Å²) in [6.07, 6.45) is 7.95. The Labute approximate surface area is 94.8 Å². The van der Waals surface area contributed by atoms with Crippen LogP contribution in [0.3, 0.4) is 0 Å². The molecule has 1 aliphatic rings. The highest BCUT2D eigenvalue weighted by Crippen LogP contribution is 2.22. The van der Waals surface area contributed by atoms with E-state index in [-0.39, 0.29) is 0 Å². The summed E-state index contributed by atoms with van der Waals surface area (Å²) in [5.74, 6) is 0.857. The van der Waals surface area contributed by atoms with Crippen molar-refractivity contribution in [3.8, 4) is 0 Å². The van der Waals surface area contributed by atoms with Gasteiger partial charge < -0.3 is 10.1 Å². The summed E-state index contributed by atoms with van der Waals surface area (Å²) in [4.78, 5) is 0. The van der Waals surface area contributed by atoms with Gasteiger partial charge in [-0.3, -0.25) is 0 Å². The summed E-state index contributed by atoms with van der Waals surface area (Å²) in [6.45, 7) is 7.54. The Bertz CT molecular complexity index is 143. The number of rotatable bonds is 7. The van der Waals surface area contributed by atoms with E-state index in [1.54, 1.807) is 0 Å². The molecule has 0 aromatic heterocycles. The van der Waals surface area contributed by atoms with Gasteiger partial charge in [0, 0.05) is 19.3 Å². The molecule has 1 atom stereocenters. The maximum Gasteiger partial charge on any atom is 0.0469 e. The lowest BCUT2D eigenvalue weighted by molar-refractivity contribution is 0.0524. The van der Waals surface area contributed by atoms with Crippen LogP contribution in [0.25, 0.3) is 0 Å². The van der Waals surface area contributed by atoms with E-state index in [2.05, 4.69) is 19.2 Å². The maximum absolute atomic E-state index is 5.43. The summed E-state index contributed by atoms with van der Waals surface area (Å²) < 4.78 is 5.43. The van der Waals surface area contributed by atoms with Crippen molar-refractivity contribution < 1.29 is 4.74 Å². The van der Waals surface area contributed by atoms with Gasteiger partial charge in [-0.05, 0) is 31.7 Å². The maximum atomic E-state index is 5.43. The summed E-state index contributed by atoms with van der Waals surface area (Å²) in [5, 5.41) is 3.66. The second-order valence-electron chi connectivity index (χ2n) is 4.61. The van der Waals surface area contributed by atoms with E-state index in [1.807, 2.05) is 0 Å². The molecule has 1 unspecified atom stereocenters. The molecule has 0 saturated carbocycles. The third-order valence-electron chi connectivity index (χ3n) is 3.42. The Morgan fingerprint density at radius 3 is 2.53 bits per heavy atom. The molecule has 90 valence electrons. The van der Waals surface area contributed by atoms with Gasteiger partial charge in [-0.1, -0.05) is 33.1 Å². The van der Waals surface area contributed by atoms with Crippen molar-refractivity contribution in [1.29, 1.82) is 0 Å². The Balaban J connectivity index is 2.26. The average molecular weight is 213 g/mol. The lowest BCUT2D eigenvalue weighted by Gasteiger charge is -2.31. The van der Waals surface area contributed by atoms with Crippen LogP contribution in [0.2, 0.25) is 0 Å². The second kappa shape index (κ2) is 8.12. The minimum atomic E-state index is 0.741. The standard InChI is InChI=1S/C13H27NO/c1-3-5-6-7-13(14-4-2)12-8-10-15-11-9-12/h12-14H,3-11H2,1-2H3. The molecular formula is C13H27NO. The molecule has 1 heterocycles. The van der Waals surface area contributed by atoms with Crippen LogP contribution in [-0.2, 0) is 4.74 Å². The highest BCUT2D eigenvalue weighted by Gasteiger charge is 2.22. The van der Waals surface area contributed by atoms with Gasteiger partial charge in [0.05, 0.1) is 0 Å². The lowest BCUT2D eigenvalue weighted by atomic mass is 9.88. The number of hydrogen-bond donors (Lipinski definition) is 1. The fraction of sp³-hybridized carbons (Fsp3) is 1.00. The van der Waals surface area contributed by atoms with E-state index >= 15 is 0 Å². The van der Waals surface area contributed by atoms with Gasteiger partial charge in [0.15, 0.2) is 0 Å². The normalized spacial score (nSPS) is 20.4. The molecule has 1 N–H and O–H groups in total. The smallest absolute Gasteiger partial charge is 0.0469 e. The van der Waals surface area contributed by atoms with Crippen molar-refractivity contribution in [3.63, 3.8) is 0 Å². The molecule has 0 aromatic carbocycles. The molecular weight excluding hydrogens is 186 g/mol. The first-order valence-corrected chi connectivity index (χ1v) is 6.69. The fourth-order valence-electron chi connectivity index (χ4n) is 2.50. The Hall–Kier alpha value is -0.0800. The van der Waals surface area contributed by atoms with Crippen molar-refractivity contribution in [1.82, 2.24) is 5.32 Å². The Kier molecular flexibility index (Phi) is 7.03. The largest absolute Gasteiger partial charge is 0.381 e. The zero-order valence-electron chi connectivity index (χ0n) is 10.4. The molecule has 0 spiro atoms. The molecule has 1 aliphatic heterocycles. The van der Waals surface area contributed by atoms with Gasteiger partial charge >= 0.3 is 0 Å². The molecule has 0 amide bonds. The Morgan fingerprint density at radius 1 is 1.20 bits per heavy atom. The third kappa shape index (κ3) is 4.98. The lowest BCUT2D eigenvalue weighted by Crippen LogP contribution is -2.38. The van der Waals surface area contributed by atoms with E-state index < -0.39 is 0 Å². The zero-order chi connectivity index (χ0) is 10.9. The third-order valence-corrected chi connectivity index (χ3v) is 3.42. The molecule has 15 heavy (non-hydrogen) atoms. The van der Waals surface area contributed by atoms with Gasteiger partial charge in [-0.15, -0.1) is 0 Å². The molecule has 0 bridgehead atoms. The summed E-state index contributed by atoms with van der Waals surface area (Å²) in [5.41, 5.74) is 0. The van der Waals surface area contributed by atoms with Crippen molar-refractivity contribution >= 4 is 0 Å². The summed E-state index contributed by atoms with van der Waals surface area (Å²) in [7, 11) is 0. The van der Waals surface area contributed by atoms with Crippen LogP contribution in [0.1, 0.15) is 52.4 Å². The molecule has 1 fully saturated rings.